The fraction of sp³-hybridized carbons (Fsp3) is 0.615. The molecule has 1 saturated heterocycles. The Kier molecular flexibility index (Phi) is 2.68. The summed E-state index contributed by atoms with van der Waals surface area (Å²) in [5.74, 6) is 1.09. The van der Waals surface area contributed by atoms with Crippen LogP contribution < -0.4 is 0 Å². The van der Waals surface area contributed by atoms with Crippen molar-refractivity contribution in [1.29, 1.82) is 0 Å². The Hall–Kier alpha value is -1.05. The molecule has 2 aliphatic rings. The van der Waals surface area contributed by atoms with E-state index in [1.54, 1.807) is 0 Å². The molecule has 0 aromatic rings. The van der Waals surface area contributed by atoms with Gasteiger partial charge in [0.25, 0.3) is 0 Å². The molecule has 0 amide bonds. The Morgan fingerprint density at radius 1 is 1.53 bits per heavy atom. The molecular weight excluding hydrogens is 188 g/mol. The Morgan fingerprint density at radius 3 is 3.07 bits per heavy atom. The predicted octanol–water partition coefficient (Wildman–Crippen LogP) is 2.99. The third-order valence-electron chi connectivity index (χ3n) is 3.12. The molecule has 0 aromatic carbocycles. The first kappa shape index (κ1) is 10.5. The number of carbonyl (C=O) groups is 1. The van der Waals surface area contributed by atoms with Crippen molar-refractivity contribution in [2.45, 2.75) is 45.1 Å². The van der Waals surface area contributed by atoms with Crippen LogP contribution in [0.5, 0.6) is 0 Å². The summed E-state index contributed by atoms with van der Waals surface area (Å²) in [5, 5.41) is 0. The van der Waals surface area contributed by atoms with Crippen LogP contribution in [0.2, 0.25) is 0 Å². The smallest absolute Gasteiger partial charge is 0.126 e. The van der Waals surface area contributed by atoms with Crippen LogP contribution in [-0.2, 0) is 9.53 Å². The highest BCUT2D eigenvalue weighted by Gasteiger charge is 2.29. The van der Waals surface area contributed by atoms with E-state index < -0.39 is 0 Å². The Balaban J connectivity index is 2.23. The summed E-state index contributed by atoms with van der Waals surface area (Å²) in [7, 11) is 0. The molecule has 2 nitrogen and oxygen atoms in total. The summed E-state index contributed by atoms with van der Waals surface area (Å²) in [6.45, 7) is 4.24. The third kappa shape index (κ3) is 2.31. The fourth-order valence-electron chi connectivity index (χ4n) is 2.17. The molecule has 0 bridgehead atoms. The zero-order valence-electron chi connectivity index (χ0n) is 9.45. The van der Waals surface area contributed by atoms with E-state index in [4.69, 9.17) is 4.74 Å². The summed E-state index contributed by atoms with van der Waals surface area (Å²) in [6, 6.07) is 0. The van der Waals surface area contributed by atoms with Gasteiger partial charge in [0, 0.05) is 5.92 Å². The molecule has 0 radical (unpaired) electrons. The van der Waals surface area contributed by atoms with Gasteiger partial charge in [-0.1, -0.05) is 6.08 Å². The molecule has 82 valence electrons. The van der Waals surface area contributed by atoms with Crippen LogP contribution >= 0.6 is 0 Å². The maximum absolute atomic E-state index is 10.8. The minimum Gasteiger partial charge on any atom is -0.488 e. The van der Waals surface area contributed by atoms with Gasteiger partial charge in [-0.2, -0.15) is 0 Å². The van der Waals surface area contributed by atoms with Crippen LogP contribution in [0.3, 0.4) is 0 Å². The van der Waals surface area contributed by atoms with Crippen LogP contribution in [0.15, 0.2) is 23.5 Å². The normalized spacial score (nSPS) is 29.1. The van der Waals surface area contributed by atoms with Crippen molar-refractivity contribution >= 4 is 6.29 Å². The molecule has 0 saturated carbocycles. The standard InChI is InChI=1S/C13H18O2/c1-13(2)7-6-11-8-10(9-14)4-3-5-12(11)15-13/h5,8-10H,3-4,6-7H2,1-2H3. The van der Waals surface area contributed by atoms with Gasteiger partial charge in [0.2, 0.25) is 0 Å². The summed E-state index contributed by atoms with van der Waals surface area (Å²) >= 11 is 0. The van der Waals surface area contributed by atoms with E-state index >= 15 is 0 Å². The van der Waals surface area contributed by atoms with E-state index in [0.717, 1.165) is 37.7 Å². The van der Waals surface area contributed by atoms with Gasteiger partial charge in [-0.05, 0) is 51.2 Å². The quantitative estimate of drug-likeness (QED) is 0.616. The second-order valence-electron chi connectivity index (χ2n) is 5.00. The molecule has 2 heteroatoms. The number of aldehydes is 1. The van der Waals surface area contributed by atoms with Crippen molar-refractivity contribution in [2.75, 3.05) is 0 Å². The Morgan fingerprint density at radius 2 is 2.33 bits per heavy atom. The first-order valence-corrected chi connectivity index (χ1v) is 5.66. The van der Waals surface area contributed by atoms with E-state index in [1.165, 1.54) is 5.57 Å². The maximum Gasteiger partial charge on any atom is 0.126 e. The lowest BCUT2D eigenvalue weighted by molar-refractivity contribution is -0.110. The van der Waals surface area contributed by atoms with Crippen molar-refractivity contribution in [1.82, 2.24) is 0 Å². The number of allylic oxidation sites excluding steroid dienone is 3. The molecular formula is C13H18O2. The maximum atomic E-state index is 10.8. The lowest BCUT2D eigenvalue weighted by atomic mass is 9.92. The van der Waals surface area contributed by atoms with Crippen molar-refractivity contribution in [3.8, 4) is 0 Å². The number of rotatable bonds is 1. The van der Waals surface area contributed by atoms with Gasteiger partial charge in [0.1, 0.15) is 17.6 Å². The lowest BCUT2D eigenvalue weighted by Gasteiger charge is -2.34. The van der Waals surface area contributed by atoms with Crippen molar-refractivity contribution in [3.63, 3.8) is 0 Å². The second-order valence-corrected chi connectivity index (χ2v) is 5.00. The first-order valence-electron chi connectivity index (χ1n) is 5.66. The predicted molar refractivity (Wildman–Crippen MR) is 59.4 cm³/mol. The SMILES string of the molecule is CC1(C)CCC2=CC(C=O)CCC=C2O1. The van der Waals surface area contributed by atoms with E-state index in [9.17, 15) is 4.79 Å². The van der Waals surface area contributed by atoms with Crippen molar-refractivity contribution in [3.05, 3.63) is 23.5 Å². The van der Waals surface area contributed by atoms with Crippen LogP contribution in [0.1, 0.15) is 39.5 Å². The average molecular weight is 206 g/mol. The summed E-state index contributed by atoms with van der Waals surface area (Å²) in [5.41, 5.74) is 1.17. The van der Waals surface area contributed by atoms with Crippen molar-refractivity contribution in [2.24, 2.45) is 5.92 Å². The van der Waals surface area contributed by atoms with Crippen LogP contribution in [-0.4, -0.2) is 11.9 Å². The van der Waals surface area contributed by atoms with Gasteiger partial charge in [0.15, 0.2) is 0 Å². The first-order chi connectivity index (χ1) is 7.11. The molecule has 1 aliphatic heterocycles. The Labute approximate surface area is 91.0 Å². The molecule has 15 heavy (non-hydrogen) atoms. The summed E-state index contributed by atoms with van der Waals surface area (Å²) < 4.78 is 5.93. The molecule has 0 aromatic heterocycles. The van der Waals surface area contributed by atoms with Gasteiger partial charge in [-0.3, -0.25) is 0 Å². The van der Waals surface area contributed by atoms with Gasteiger partial charge < -0.3 is 9.53 Å². The highest BCUT2D eigenvalue weighted by Crippen LogP contribution is 2.36. The minimum absolute atomic E-state index is 0.0514. The number of hydrogen-bond donors (Lipinski definition) is 0. The lowest BCUT2D eigenvalue weighted by Crippen LogP contribution is -2.28. The largest absolute Gasteiger partial charge is 0.488 e. The molecule has 2 rings (SSSR count). The van der Waals surface area contributed by atoms with E-state index in [-0.39, 0.29) is 11.5 Å². The topological polar surface area (TPSA) is 26.3 Å². The molecule has 0 spiro atoms. The second kappa shape index (κ2) is 3.84. The van der Waals surface area contributed by atoms with E-state index in [1.807, 2.05) is 0 Å². The molecule has 1 atom stereocenters. The average Bonchev–Trinajstić information content (AvgIpc) is 2.37. The van der Waals surface area contributed by atoms with E-state index in [0.29, 0.717) is 0 Å². The third-order valence-corrected chi connectivity index (χ3v) is 3.12. The highest BCUT2D eigenvalue weighted by molar-refractivity contribution is 5.58. The zero-order valence-corrected chi connectivity index (χ0v) is 9.45. The fourth-order valence-corrected chi connectivity index (χ4v) is 2.17. The van der Waals surface area contributed by atoms with Gasteiger partial charge in [-0.25, -0.2) is 0 Å². The van der Waals surface area contributed by atoms with Crippen LogP contribution in [0.4, 0.5) is 0 Å². The zero-order chi connectivity index (χ0) is 10.9. The molecule has 1 aliphatic carbocycles. The van der Waals surface area contributed by atoms with E-state index in [2.05, 4.69) is 26.0 Å². The minimum atomic E-state index is -0.0514. The van der Waals surface area contributed by atoms with Crippen LogP contribution in [0, 0.1) is 5.92 Å². The molecule has 0 N–H and O–H groups in total. The van der Waals surface area contributed by atoms with Crippen LogP contribution in [0.25, 0.3) is 0 Å². The molecule has 1 unspecified atom stereocenters. The molecule has 1 fully saturated rings. The van der Waals surface area contributed by atoms with Crippen molar-refractivity contribution < 1.29 is 9.53 Å². The number of hydrogen-bond acceptors (Lipinski definition) is 2. The summed E-state index contributed by atoms with van der Waals surface area (Å²) in [4.78, 5) is 10.8. The number of ether oxygens (including phenoxy) is 1. The van der Waals surface area contributed by atoms with Gasteiger partial charge >= 0.3 is 0 Å². The highest BCUT2D eigenvalue weighted by atomic mass is 16.5. The van der Waals surface area contributed by atoms with Gasteiger partial charge in [0.05, 0.1) is 0 Å². The summed E-state index contributed by atoms with van der Waals surface area (Å²) in [6.07, 6.45) is 9.18. The monoisotopic (exact) mass is 206 g/mol. The van der Waals surface area contributed by atoms with Gasteiger partial charge in [-0.15, -0.1) is 0 Å². The molecule has 1 heterocycles. The number of fused-ring (bicyclic) bond motifs is 1. The number of carbonyl (C=O) groups excluding carboxylic acids is 1. The Bertz CT molecular complexity index is 323.